The van der Waals surface area contributed by atoms with Crippen LogP contribution in [0.2, 0.25) is 0 Å². The predicted molar refractivity (Wildman–Crippen MR) is 49.1 cm³/mol. The highest BCUT2D eigenvalue weighted by Crippen LogP contribution is 1.98. The molecule has 1 rings (SSSR count). The van der Waals surface area contributed by atoms with Crippen molar-refractivity contribution in [1.29, 1.82) is 0 Å². The second kappa shape index (κ2) is 5.37. The summed E-state index contributed by atoms with van der Waals surface area (Å²) in [4.78, 5) is 11.1. The maximum Gasteiger partial charge on any atom is 0.221 e. The zero-order chi connectivity index (χ0) is 9.52. The first-order chi connectivity index (χ1) is 6.33. The van der Waals surface area contributed by atoms with Crippen molar-refractivity contribution in [1.82, 2.24) is 10.6 Å². The Morgan fingerprint density at radius 1 is 1.62 bits per heavy atom. The van der Waals surface area contributed by atoms with E-state index in [4.69, 9.17) is 4.42 Å². The van der Waals surface area contributed by atoms with Gasteiger partial charge in [-0.15, -0.1) is 0 Å². The highest BCUT2D eigenvalue weighted by molar-refractivity contribution is 5.75. The zero-order valence-electron chi connectivity index (χ0n) is 7.67. The minimum absolute atomic E-state index is 0.0331. The quantitative estimate of drug-likeness (QED) is 0.697. The predicted octanol–water partition coefficient (Wildman–Crippen LogP) is 0.505. The van der Waals surface area contributed by atoms with Crippen LogP contribution < -0.4 is 10.6 Å². The molecule has 0 aliphatic carbocycles. The second-order valence-electron chi connectivity index (χ2n) is 2.71. The molecule has 0 unspecified atom stereocenters. The molecule has 0 aliphatic rings. The Hall–Kier alpha value is -1.29. The molecular formula is C9H14N2O2. The van der Waals surface area contributed by atoms with Gasteiger partial charge in [0.1, 0.15) is 5.76 Å². The maximum absolute atomic E-state index is 11.1. The topological polar surface area (TPSA) is 54.3 Å². The van der Waals surface area contributed by atoms with Crippen LogP contribution in [0.15, 0.2) is 22.8 Å². The number of carbonyl (C=O) groups excluding carboxylic acids is 1. The fourth-order valence-corrected chi connectivity index (χ4v) is 0.926. The van der Waals surface area contributed by atoms with E-state index < -0.39 is 0 Å². The standard InChI is InChI=1S/C9H14N2O2/c1-10-5-4-9(12)11-7-8-3-2-6-13-8/h2-3,6,10H,4-5,7H2,1H3,(H,11,12). The van der Waals surface area contributed by atoms with Crippen LogP contribution >= 0.6 is 0 Å². The Labute approximate surface area is 77.3 Å². The summed E-state index contributed by atoms with van der Waals surface area (Å²) in [5, 5.41) is 5.65. The highest BCUT2D eigenvalue weighted by atomic mass is 16.3. The van der Waals surface area contributed by atoms with Crippen molar-refractivity contribution in [2.24, 2.45) is 0 Å². The average Bonchev–Trinajstić information content (AvgIpc) is 2.64. The number of rotatable bonds is 5. The monoisotopic (exact) mass is 182 g/mol. The molecule has 1 amide bonds. The summed E-state index contributed by atoms with van der Waals surface area (Å²) in [7, 11) is 1.82. The maximum atomic E-state index is 11.1. The summed E-state index contributed by atoms with van der Waals surface area (Å²) < 4.78 is 5.06. The average molecular weight is 182 g/mol. The first-order valence-electron chi connectivity index (χ1n) is 4.26. The molecule has 72 valence electrons. The normalized spacial score (nSPS) is 9.92. The summed E-state index contributed by atoms with van der Waals surface area (Å²) in [6, 6.07) is 3.63. The van der Waals surface area contributed by atoms with Crippen LogP contribution in [0, 0.1) is 0 Å². The molecule has 13 heavy (non-hydrogen) atoms. The fourth-order valence-electron chi connectivity index (χ4n) is 0.926. The lowest BCUT2D eigenvalue weighted by molar-refractivity contribution is -0.121. The molecule has 1 heterocycles. The molecule has 0 aromatic carbocycles. The van der Waals surface area contributed by atoms with Gasteiger partial charge in [-0.3, -0.25) is 4.79 Å². The molecule has 0 aliphatic heterocycles. The van der Waals surface area contributed by atoms with Crippen molar-refractivity contribution in [2.45, 2.75) is 13.0 Å². The Kier molecular flexibility index (Phi) is 4.05. The first kappa shape index (κ1) is 9.80. The van der Waals surface area contributed by atoms with Crippen LogP contribution in [0.3, 0.4) is 0 Å². The first-order valence-corrected chi connectivity index (χ1v) is 4.26. The van der Waals surface area contributed by atoms with Gasteiger partial charge in [-0.2, -0.15) is 0 Å². The number of hydrogen-bond acceptors (Lipinski definition) is 3. The summed E-state index contributed by atoms with van der Waals surface area (Å²) >= 11 is 0. The summed E-state index contributed by atoms with van der Waals surface area (Å²) in [5.41, 5.74) is 0. The van der Waals surface area contributed by atoms with E-state index in [-0.39, 0.29) is 5.91 Å². The van der Waals surface area contributed by atoms with Gasteiger partial charge < -0.3 is 15.1 Å². The molecule has 4 nitrogen and oxygen atoms in total. The molecule has 0 fully saturated rings. The van der Waals surface area contributed by atoms with Crippen LogP contribution in [0.25, 0.3) is 0 Å². The zero-order valence-corrected chi connectivity index (χ0v) is 7.67. The van der Waals surface area contributed by atoms with Gasteiger partial charge in [-0.1, -0.05) is 0 Å². The SMILES string of the molecule is CNCCC(=O)NCc1ccco1. The van der Waals surface area contributed by atoms with Gasteiger partial charge in [-0.25, -0.2) is 0 Å². The van der Waals surface area contributed by atoms with Crippen molar-refractivity contribution >= 4 is 5.91 Å². The third-order valence-corrected chi connectivity index (χ3v) is 1.64. The molecule has 0 saturated carbocycles. The molecule has 1 aromatic heterocycles. The Morgan fingerprint density at radius 2 is 2.46 bits per heavy atom. The van der Waals surface area contributed by atoms with Crippen molar-refractivity contribution in [3.8, 4) is 0 Å². The third kappa shape index (κ3) is 3.75. The molecule has 1 aromatic rings. The van der Waals surface area contributed by atoms with Gasteiger partial charge in [0, 0.05) is 13.0 Å². The van der Waals surface area contributed by atoms with Crippen molar-refractivity contribution in [3.05, 3.63) is 24.2 Å². The lowest BCUT2D eigenvalue weighted by Gasteiger charge is -2.01. The second-order valence-corrected chi connectivity index (χ2v) is 2.71. The molecule has 0 bridgehead atoms. The summed E-state index contributed by atoms with van der Waals surface area (Å²) in [6.45, 7) is 1.17. The van der Waals surface area contributed by atoms with E-state index in [0.717, 1.165) is 5.76 Å². The van der Waals surface area contributed by atoms with E-state index in [1.165, 1.54) is 0 Å². The van der Waals surface area contributed by atoms with Crippen LogP contribution in [0.4, 0.5) is 0 Å². The molecule has 0 atom stereocenters. The van der Waals surface area contributed by atoms with Gasteiger partial charge >= 0.3 is 0 Å². The Morgan fingerprint density at radius 3 is 3.08 bits per heavy atom. The van der Waals surface area contributed by atoms with Gasteiger partial charge in [0.2, 0.25) is 5.91 Å². The number of carbonyl (C=O) groups is 1. The van der Waals surface area contributed by atoms with Gasteiger partial charge in [0.15, 0.2) is 0 Å². The van der Waals surface area contributed by atoms with Crippen LogP contribution in [-0.2, 0) is 11.3 Å². The Bertz CT molecular complexity index is 244. The largest absolute Gasteiger partial charge is 0.467 e. The molecule has 2 N–H and O–H groups in total. The van der Waals surface area contributed by atoms with E-state index >= 15 is 0 Å². The van der Waals surface area contributed by atoms with Gasteiger partial charge in [0.25, 0.3) is 0 Å². The lowest BCUT2D eigenvalue weighted by Crippen LogP contribution is -2.25. The van der Waals surface area contributed by atoms with E-state index in [1.54, 1.807) is 12.3 Å². The minimum Gasteiger partial charge on any atom is -0.467 e. The molecule has 4 heteroatoms. The summed E-state index contributed by atoms with van der Waals surface area (Å²) in [5.74, 6) is 0.809. The van der Waals surface area contributed by atoms with E-state index in [1.807, 2.05) is 13.1 Å². The van der Waals surface area contributed by atoms with E-state index in [0.29, 0.717) is 19.5 Å². The van der Waals surface area contributed by atoms with Crippen LogP contribution in [-0.4, -0.2) is 19.5 Å². The third-order valence-electron chi connectivity index (χ3n) is 1.64. The van der Waals surface area contributed by atoms with Gasteiger partial charge in [-0.05, 0) is 19.2 Å². The van der Waals surface area contributed by atoms with Crippen molar-refractivity contribution in [3.63, 3.8) is 0 Å². The minimum atomic E-state index is 0.0331. The van der Waals surface area contributed by atoms with Crippen molar-refractivity contribution < 1.29 is 9.21 Å². The molecular weight excluding hydrogens is 168 g/mol. The lowest BCUT2D eigenvalue weighted by atomic mass is 10.4. The number of nitrogens with one attached hydrogen (secondary N) is 2. The van der Waals surface area contributed by atoms with Gasteiger partial charge in [0.05, 0.1) is 12.8 Å². The molecule has 0 saturated heterocycles. The smallest absolute Gasteiger partial charge is 0.221 e. The molecule has 0 radical (unpaired) electrons. The molecule has 0 spiro atoms. The van der Waals surface area contributed by atoms with E-state index in [9.17, 15) is 4.79 Å². The van der Waals surface area contributed by atoms with Crippen molar-refractivity contribution in [2.75, 3.05) is 13.6 Å². The fraction of sp³-hybridized carbons (Fsp3) is 0.444. The van der Waals surface area contributed by atoms with Crippen LogP contribution in [0.1, 0.15) is 12.2 Å². The number of amides is 1. The highest BCUT2D eigenvalue weighted by Gasteiger charge is 2.00. The Balaban J connectivity index is 2.15. The number of furan rings is 1. The van der Waals surface area contributed by atoms with Crippen LogP contribution in [0.5, 0.6) is 0 Å². The van der Waals surface area contributed by atoms with E-state index in [2.05, 4.69) is 10.6 Å². The number of hydrogen-bond donors (Lipinski definition) is 2. The summed E-state index contributed by atoms with van der Waals surface area (Å²) in [6.07, 6.45) is 2.09.